The molecule has 4 aliphatic carbocycles. The highest BCUT2D eigenvalue weighted by Gasteiger charge is 2.61. The van der Waals surface area contributed by atoms with Gasteiger partial charge in [0.05, 0.1) is 30.3 Å². The first-order valence-corrected chi connectivity index (χ1v) is 19.5. The fourth-order valence-electron chi connectivity index (χ4n) is 11.0. The van der Waals surface area contributed by atoms with Gasteiger partial charge in [-0.05, 0) is 111 Å². The van der Waals surface area contributed by atoms with Crippen LogP contribution in [0.5, 0.6) is 0 Å². The smallest absolute Gasteiger partial charge is 0.235 e. The molecule has 0 bridgehead atoms. The van der Waals surface area contributed by atoms with Gasteiger partial charge in [0, 0.05) is 24.9 Å². The van der Waals surface area contributed by atoms with Crippen LogP contribution in [0.2, 0.25) is 0 Å². The van der Waals surface area contributed by atoms with Gasteiger partial charge in [-0.3, -0.25) is 3.97 Å². The highest BCUT2D eigenvalue weighted by molar-refractivity contribution is 7.89. The fourth-order valence-corrected chi connectivity index (χ4v) is 12.9. The monoisotopic (exact) mass is 604 g/mol. The number of allylic oxidation sites excluding steroid dienone is 1. The molecule has 3 heterocycles. The van der Waals surface area contributed by atoms with Crippen molar-refractivity contribution in [1.29, 1.82) is 0 Å². The number of ether oxygens (including phenoxy) is 1. The molecule has 6 aliphatic rings. The van der Waals surface area contributed by atoms with E-state index in [1.165, 1.54) is 46.0 Å². The van der Waals surface area contributed by atoms with Crippen LogP contribution in [-0.2, 0) is 37.6 Å². The van der Waals surface area contributed by atoms with Crippen molar-refractivity contribution < 1.29 is 21.6 Å². The average molecular weight is 605 g/mol. The first kappa shape index (κ1) is 28.6. The first-order chi connectivity index (χ1) is 19.1. The molecule has 0 N–H and O–H groups in total. The average Bonchev–Trinajstić information content (AvgIpc) is 3.50. The molecule has 9 heteroatoms. The van der Waals surface area contributed by atoms with Gasteiger partial charge in [-0.15, -0.1) is 0 Å². The van der Waals surface area contributed by atoms with Crippen molar-refractivity contribution in [3.05, 3.63) is 34.7 Å². The van der Waals surface area contributed by atoms with Crippen molar-refractivity contribution in [2.24, 2.45) is 40.9 Å². The van der Waals surface area contributed by atoms with E-state index >= 15 is 0 Å². The highest BCUT2D eigenvalue weighted by atomic mass is 32.2. The number of rotatable bonds is 2. The molecule has 4 fully saturated rings. The van der Waals surface area contributed by atoms with E-state index in [-0.39, 0.29) is 29.1 Å². The molecule has 1 aromatic heterocycles. The summed E-state index contributed by atoms with van der Waals surface area (Å²) in [5, 5.41) is 0. The van der Waals surface area contributed by atoms with Crippen LogP contribution < -0.4 is 0 Å². The summed E-state index contributed by atoms with van der Waals surface area (Å²) < 4.78 is 60.5. The first-order valence-electron chi connectivity index (χ1n) is 15.8. The zero-order valence-corrected chi connectivity index (χ0v) is 27.2. The highest BCUT2D eigenvalue weighted by Crippen LogP contribution is 2.64. The molecular formula is C32H48N2O5S2. The van der Waals surface area contributed by atoms with Crippen LogP contribution in [0.25, 0.3) is 0 Å². The van der Waals surface area contributed by atoms with Crippen LogP contribution in [0.3, 0.4) is 0 Å². The summed E-state index contributed by atoms with van der Waals surface area (Å²) in [6.07, 6.45) is 16.0. The summed E-state index contributed by atoms with van der Waals surface area (Å²) >= 11 is 0. The van der Waals surface area contributed by atoms with E-state index in [1.54, 1.807) is 9.88 Å². The second-order valence-corrected chi connectivity index (χ2v) is 19.2. The summed E-state index contributed by atoms with van der Waals surface area (Å²) in [7, 11) is -6.57. The quantitative estimate of drug-likeness (QED) is 0.444. The summed E-state index contributed by atoms with van der Waals surface area (Å²) in [6, 6.07) is -0.0604. The van der Waals surface area contributed by atoms with E-state index in [2.05, 4.69) is 27.7 Å². The van der Waals surface area contributed by atoms with Gasteiger partial charge in [-0.1, -0.05) is 31.9 Å². The van der Waals surface area contributed by atoms with Crippen LogP contribution in [0.1, 0.15) is 83.8 Å². The standard InChI is InChI=1S/C32H48N2O5S2/c1-19-11-29-30(34(16-19)41(6,37)38)21(3)32(39-29)10-9-25-26-8-7-24-12-22-17-33(40(5,35)36)18-23(22)15-31(24,4)28(26)13-27(25)20(2)14-32/h17-19,21,24-26,28-30H,7-16H2,1-6H3/t19-,21+,24+,25-,26-,28-,29+,30-,31-,32-/m0/s1. The SMILES string of the molecule is CC1=C2C[C@H]3[C@@H](CC[C@@H]4Cc5cn(S(C)(=O)=O)cc5C[C@@]43C)[C@@H]2CC[C@@]2(C1)O[C@@H]1C[C@H](C)CN(S(C)(=O)=O)[C@H]1[C@H]2C. The molecule has 228 valence electrons. The largest absolute Gasteiger partial charge is 0.369 e. The van der Waals surface area contributed by atoms with Crippen LogP contribution in [0.4, 0.5) is 0 Å². The summed E-state index contributed by atoms with van der Waals surface area (Å²) in [6.45, 7) is 9.86. The van der Waals surface area contributed by atoms with Crippen molar-refractivity contribution in [3.63, 3.8) is 0 Å². The third kappa shape index (κ3) is 4.29. The molecule has 10 atom stereocenters. The second kappa shape index (κ2) is 9.18. The maximum Gasteiger partial charge on any atom is 0.235 e. The van der Waals surface area contributed by atoms with Gasteiger partial charge in [0.15, 0.2) is 0 Å². The lowest BCUT2D eigenvalue weighted by Gasteiger charge is -2.52. The van der Waals surface area contributed by atoms with Gasteiger partial charge >= 0.3 is 0 Å². The van der Waals surface area contributed by atoms with Crippen molar-refractivity contribution in [3.8, 4) is 0 Å². The molecule has 41 heavy (non-hydrogen) atoms. The zero-order chi connectivity index (χ0) is 29.3. The van der Waals surface area contributed by atoms with E-state index < -0.39 is 20.0 Å². The third-order valence-corrected chi connectivity index (χ3v) is 15.2. The molecule has 0 amide bonds. The number of nitrogens with zero attached hydrogens (tertiary/aromatic N) is 2. The van der Waals surface area contributed by atoms with E-state index in [9.17, 15) is 16.8 Å². The van der Waals surface area contributed by atoms with E-state index in [0.717, 1.165) is 44.9 Å². The van der Waals surface area contributed by atoms with Gasteiger partial charge in [0.2, 0.25) is 20.0 Å². The second-order valence-electron chi connectivity index (χ2n) is 15.3. The number of sulfonamides is 1. The lowest BCUT2D eigenvalue weighted by atomic mass is 9.52. The molecule has 1 spiro atoms. The minimum absolute atomic E-state index is 0.0167. The molecule has 2 saturated carbocycles. The molecule has 0 aromatic carbocycles. The molecule has 7 rings (SSSR count). The molecular weight excluding hydrogens is 556 g/mol. The number of hydrogen-bond donors (Lipinski definition) is 0. The van der Waals surface area contributed by atoms with E-state index in [4.69, 9.17) is 4.74 Å². The van der Waals surface area contributed by atoms with Crippen LogP contribution in [-0.4, -0.2) is 61.9 Å². The van der Waals surface area contributed by atoms with E-state index in [1.807, 2.05) is 12.4 Å². The zero-order valence-electron chi connectivity index (χ0n) is 25.6. The molecule has 1 aromatic rings. The van der Waals surface area contributed by atoms with Crippen molar-refractivity contribution in [2.75, 3.05) is 19.1 Å². The van der Waals surface area contributed by atoms with Crippen LogP contribution >= 0.6 is 0 Å². The topological polar surface area (TPSA) is 85.7 Å². The number of hydrogen-bond acceptors (Lipinski definition) is 5. The number of piperidine rings is 1. The summed E-state index contributed by atoms with van der Waals surface area (Å²) in [5.74, 6) is 2.96. The molecule has 0 unspecified atom stereocenters. The summed E-state index contributed by atoms with van der Waals surface area (Å²) in [4.78, 5) is 0. The predicted octanol–water partition coefficient (Wildman–Crippen LogP) is 5.01. The Morgan fingerprint density at radius 1 is 0.951 bits per heavy atom. The van der Waals surface area contributed by atoms with Gasteiger partial charge in [0.25, 0.3) is 0 Å². The maximum absolute atomic E-state index is 12.8. The summed E-state index contributed by atoms with van der Waals surface area (Å²) in [5.41, 5.74) is 5.52. The number of aromatic nitrogens is 1. The Hall–Kier alpha value is -1.16. The Balaban J connectivity index is 1.18. The molecule has 2 saturated heterocycles. The van der Waals surface area contributed by atoms with Gasteiger partial charge in [-0.25, -0.2) is 16.8 Å². The van der Waals surface area contributed by atoms with Gasteiger partial charge < -0.3 is 4.74 Å². The molecule has 2 aliphatic heterocycles. The van der Waals surface area contributed by atoms with Crippen molar-refractivity contribution >= 4 is 20.0 Å². The molecule has 0 radical (unpaired) electrons. The van der Waals surface area contributed by atoms with Gasteiger partial charge in [-0.2, -0.15) is 4.31 Å². The Morgan fingerprint density at radius 2 is 1.68 bits per heavy atom. The minimum Gasteiger partial charge on any atom is -0.369 e. The van der Waals surface area contributed by atoms with Crippen molar-refractivity contribution in [2.45, 2.75) is 103 Å². The number of fused-ring (bicyclic) bond motifs is 7. The van der Waals surface area contributed by atoms with Crippen LogP contribution in [0, 0.1) is 40.9 Å². The lowest BCUT2D eigenvalue weighted by molar-refractivity contribution is -0.0762. The normalized spacial score (nSPS) is 44.6. The predicted molar refractivity (Wildman–Crippen MR) is 160 cm³/mol. The molecule has 7 nitrogen and oxygen atoms in total. The Bertz CT molecular complexity index is 1510. The van der Waals surface area contributed by atoms with Crippen LogP contribution in [0.15, 0.2) is 23.5 Å². The minimum atomic E-state index is -3.29. The Morgan fingerprint density at radius 3 is 2.39 bits per heavy atom. The third-order valence-electron chi connectivity index (χ3n) is 12.9. The Kier molecular flexibility index (Phi) is 6.40. The van der Waals surface area contributed by atoms with Gasteiger partial charge in [0.1, 0.15) is 0 Å². The fraction of sp³-hybridized carbons (Fsp3) is 0.812. The Labute approximate surface area is 247 Å². The lowest BCUT2D eigenvalue weighted by Crippen LogP contribution is -2.53. The van der Waals surface area contributed by atoms with Crippen molar-refractivity contribution in [1.82, 2.24) is 8.28 Å². The van der Waals surface area contributed by atoms with E-state index in [0.29, 0.717) is 36.1 Å². The maximum atomic E-state index is 12.8.